The molecule has 0 atom stereocenters. The summed E-state index contributed by atoms with van der Waals surface area (Å²) in [5.41, 5.74) is -1.74. The maximum atomic E-state index is 12.5. The zero-order chi connectivity index (χ0) is 12.3. The molecule has 0 spiro atoms. The Morgan fingerprint density at radius 2 is 2.06 bits per heavy atom. The van der Waals surface area contributed by atoms with Crippen molar-refractivity contribution in [1.29, 1.82) is 0 Å². The first-order valence-corrected chi connectivity index (χ1v) is 4.06. The number of rotatable bonds is 4. The van der Waals surface area contributed by atoms with E-state index in [1.165, 1.54) is 14.2 Å². The molecule has 1 aromatic rings. The van der Waals surface area contributed by atoms with Crippen molar-refractivity contribution < 1.29 is 23.2 Å². The fourth-order valence-electron chi connectivity index (χ4n) is 1.08. The highest BCUT2D eigenvalue weighted by Gasteiger charge is 2.27. The van der Waals surface area contributed by atoms with Gasteiger partial charge < -0.3 is 9.47 Å². The number of nitro groups is 1. The van der Waals surface area contributed by atoms with Crippen molar-refractivity contribution in [2.45, 2.75) is 6.43 Å². The first-order chi connectivity index (χ1) is 7.51. The summed E-state index contributed by atoms with van der Waals surface area (Å²) >= 11 is 0. The number of nitrogens with zero attached hydrogens (tertiary/aromatic N) is 2. The lowest BCUT2D eigenvalue weighted by Crippen LogP contribution is -2.03. The Balaban J connectivity index is 3.41. The lowest BCUT2D eigenvalue weighted by Gasteiger charge is -2.08. The highest BCUT2D eigenvalue weighted by Crippen LogP contribution is 2.35. The van der Waals surface area contributed by atoms with Gasteiger partial charge in [-0.2, -0.15) is 0 Å². The average molecular weight is 234 g/mol. The van der Waals surface area contributed by atoms with Crippen LogP contribution in [0.15, 0.2) is 6.07 Å². The number of alkyl halides is 2. The van der Waals surface area contributed by atoms with Gasteiger partial charge in [0.1, 0.15) is 0 Å². The fourth-order valence-corrected chi connectivity index (χ4v) is 1.08. The second-order valence-corrected chi connectivity index (χ2v) is 2.66. The number of methoxy groups -OCH3 is 2. The molecule has 1 aromatic heterocycles. The molecular weight excluding hydrogens is 226 g/mol. The van der Waals surface area contributed by atoms with E-state index in [-0.39, 0.29) is 11.6 Å². The van der Waals surface area contributed by atoms with Crippen LogP contribution in [-0.4, -0.2) is 24.1 Å². The molecule has 0 bridgehead atoms. The van der Waals surface area contributed by atoms with Crippen molar-refractivity contribution >= 4 is 5.69 Å². The molecule has 0 saturated heterocycles. The van der Waals surface area contributed by atoms with Gasteiger partial charge in [-0.25, -0.2) is 13.8 Å². The molecule has 0 aliphatic rings. The van der Waals surface area contributed by atoms with Gasteiger partial charge in [0.05, 0.1) is 25.2 Å². The molecule has 0 amide bonds. The molecule has 0 fully saturated rings. The monoisotopic (exact) mass is 234 g/mol. The predicted molar refractivity (Wildman–Crippen MR) is 49.0 cm³/mol. The molecule has 8 heteroatoms. The molecular formula is C8H8F2N2O4. The highest BCUT2D eigenvalue weighted by atomic mass is 19.3. The van der Waals surface area contributed by atoms with Crippen molar-refractivity contribution in [2.24, 2.45) is 0 Å². The van der Waals surface area contributed by atoms with Gasteiger partial charge in [-0.15, -0.1) is 0 Å². The summed E-state index contributed by atoms with van der Waals surface area (Å²) in [6, 6.07) is 0.854. The fraction of sp³-hybridized carbons (Fsp3) is 0.375. The summed E-state index contributed by atoms with van der Waals surface area (Å²) < 4.78 is 34.3. The van der Waals surface area contributed by atoms with Crippen LogP contribution in [0, 0.1) is 10.1 Å². The van der Waals surface area contributed by atoms with E-state index in [9.17, 15) is 18.9 Å². The Bertz CT molecular complexity index is 411. The van der Waals surface area contributed by atoms with Crippen LogP contribution in [0.3, 0.4) is 0 Å². The summed E-state index contributed by atoms with van der Waals surface area (Å²) in [6.45, 7) is 0. The van der Waals surface area contributed by atoms with E-state index in [2.05, 4.69) is 9.72 Å². The summed E-state index contributed by atoms with van der Waals surface area (Å²) in [6.07, 6.45) is -3.06. The second kappa shape index (κ2) is 4.69. The Labute approximate surface area is 89.0 Å². The Morgan fingerprint density at radius 1 is 1.44 bits per heavy atom. The van der Waals surface area contributed by atoms with Crippen LogP contribution in [0.25, 0.3) is 0 Å². The molecule has 6 nitrogen and oxygen atoms in total. The zero-order valence-electron chi connectivity index (χ0n) is 8.44. The van der Waals surface area contributed by atoms with Gasteiger partial charge in [-0.3, -0.25) is 10.1 Å². The molecule has 88 valence electrons. The molecule has 0 aliphatic heterocycles. The summed E-state index contributed by atoms with van der Waals surface area (Å²) in [4.78, 5) is 12.9. The predicted octanol–water partition coefficient (Wildman–Crippen LogP) is 1.94. The third kappa shape index (κ3) is 2.15. The first kappa shape index (κ1) is 12.1. The van der Waals surface area contributed by atoms with Gasteiger partial charge in [0.15, 0.2) is 11.4 Å². The molecule has 0 radical (unpaired) electrons. The molecule has 0 N–H and O–H groups in total. The quantitative estimate of drug-likeness (QED) is 0.587. The van der Waals surface area contributed by atoms with E-state index in [0.29, 0.717) is 0 Å². The van der Waals surface area contributed by atoms with Gasteiger partial charge in [0.25, 0.3) is 12.3 Å². The van der Waals surface area contributed by atoms with Crippen molar-refractivity contribution in [3.8, 4) is 11.6 Å². The van der Waals surface area contributed by atoms with Crippen LogP contribution in [0.2, 0.25) is 0 Å². The van der Waals surface area contributed by atoms with Crippen LogP contribution in [0.4, 0.5) is 14.5 Å². The molecule has 0 unspecified atom stereocenters. The van der Waals surface area contributed by atoms with E-state index >= 15 is 0 Å². The second-order valence-electron chi connectivity index (χ2n) is 2.66. The minimum Gasteiger partial charge on any atom is -0.491 e. The lowest BCUT2D eigenvalue weighted by molar-refractivity contribution is -0.386. The lowest BCUT2D eigenvalue weighted by atomic mass is 10.3. The largest absolute Gasteiger partial charge is 0.491 e. The van der Waals surface area contributed by atoms with E-state index in [4.69, 9.17) is 4.74 Å². The number of hydrogen-bond acceptors (Lipinski definition) is 5. The van der Waals surface area contributed by atoms with E-state index < -0.39 is 22.7 Å². The maximum absolute atomic E-state index is 12.5. The van der Waals surface area contributed by atoms with E-state index in [1.54, 1.807) is 0 Å². The van der Waals surface area contributed by atoms with Gasteiger partial charge in [-0.1, -0.05) is 0 Å². The van der Waals surface area contributed by atoms with Crippen molar-refractivity contribution in [3.05, 3.63) is 21.9 Å². The standard InChI is InChI=1S/C8H8F2N2O4/c1-15-5-3-4(12(13)14)6(7(9)10)11-8(5)16-2/h3,7H,1-2H3. The summed E-state index contributed by atoms with van der Waals surface area (Å²) in [7, 11) is 2.43. The highest BCUT2D eigenvalue weighted by molar-refractivity contribution is 5.48. The minimum absolute atomic E-state index is 0.0707. The van der Waals surface area contributed by atoms with Gasteiger partial charge >= 0.3 is 5.69 Å². The topological polar surface area (TPSA) is 74.5 Å². The zero-order valence-corrected chi connectivity index (χ0v) is 8.44. The van der Waals surface area contributed by atoms with Crippen LogP contribution in [-0.2, 0) is 0 Å². The van der Waals surface area contributed by atoms with E-state index in [1.807, 2.05) is 0 Å². The van der Waals surface area contributed by atoms with Crippen LogP contribution in [0.1, 0.15) is 12.1 Å². The molecule has 1 heterocycles. The number of aromatic nitrogens is 1. The molecule has 0 saturated carbocycles. The third-order valence-corrected chi connectivity index (χ3v) is 1.78. The van der Waals surface area contributed by atoms with Gasteiger partial charge in [-0.05, 0) is 0 Å². The van der Waals surface area contributed by atoms with Gasteiger partial charge in [0, 0.05) is 0 Å². The normalized spacial score (nSPS) is 10.3. The molecule has 0 aromatic carbocycles. The van der Waals surface area contributed by atoms with Crippen molar-refractivity contribution in [1.82, 2.24) is 4.98 Å². The average Bonchev–Trinajstić information content (AvgIpc) is 2.26. The molecule has 1 rings (SSSR count). The summed E-state index contributed by atoms with van der Waals surface area (Å²) in [5.74, 6) is -0.290. The number of pyridine rings is 1. The number of ether oxygens (including phenoxy) is 2. The maximum Gasteiger partial charge on any atom is 0.300 e. The Hall–Kier alpha value is -1.99. The van der Waals surface area contributed by atoms with Crippen molar-refractivity contribution in [3.63, 3.8) is 0 Å². The smallest absolute Gasteiger partial charge is 0.300 e. The van der Waals surface area contributed by atoms with Crippen LogP contribution < -0.4 is 9.47 Å². The van der Waals surface area contributed by atoms with E-state index in [0.717, 1.165) is 6.07 Å². The van der Waals surface area contributed by atoms with Crippen molar-refractivity contribution in [2.75, 3.05) is 14.2 Å². The number of halogens is 2. The molecule has 0 aliphatic carbocycles. The molecule has 16 heavy (non-hydrogen) atoms. The van der Waals surface area contributed by atoms with Crippen LogP contribution in [0.5, 0.6) is 11.6 Å². The first-order valence-electron chi connectivity index (χ1n) is 4.06. The van der Waals surface area contributed by atoms with Gasteiger partial charge in [0.2, 0.25) is 0 Å². The Morgan fingerprint density at radius 3 is 2.44 bits per heavy atom. The Kier molecular flexibility index (Phi) is 3.54. The van der Waals surface area contributed by atoms with Crippen LogP contribution >= 0.6 is 0 Å². The number of hydrogen-bond donors (Lipinski definition) is 0. The third-order valence-electron chi connectivity index (χ3n) is 1.78. The summed E-state index contributed by atoms with van der Waals surface area (Å²) in [5, 5.41) is 10.5. The SMILES string of the molecule is COc1cc([N+](=O)[O-])c(C(F)F)nc1OC. The minimum atomic E-state index is -3.06.